The first kappa shape index (κ1) is 21.3. The Labute approximate surface area is 195 Å². The van der Waals surface area contributed by atoms with Crippen molar-refractivity contribution in [3.63, 3.8) is 0 Å². The van der Waals surface area contributed by atoms with Gasteiger partial charge in [0.05, 0.1) is 12.3 Å². The summed E-state index contributed by atoms with van der Waals surface area (Å²) in [6, 6.07) is 6.85. The molecule has 2 unspecified atom stereocenters. The smallest absolute Gasteiger partial charge is 0.250 e. The summed E-state index contributed by atoms with van der Waals surface area (Å²) in [7, 11) is 1.79. The van der Waals surface area contributed by atoms with Gasteiger partial charge in [-0.1, -0.05) is 31.0 Å². The number of aromatic nitrogens is 1. The molecule has 3 fully saturated rings. The summed E-state index contributed by atoms with van der Waals surface area (Å²) >= 11 is 0. The van der Waals surface area contributed by atoms with Gasteiger partial charge in [-0.05, 0) is 67.6 Å². The first-order chi connectivity index (χ1) is 16.0. The molecule has 1 aromatic carbocycles. The summed E-state index contributed by atoms with van der Waals surface area (Å²) in [6.07, 6.45) is 12.6. The van der Waals surface area contributed by atoms with Gasteiger partial charge >= 0.3 is 0 Å². The summed E-state index contributed by atoms with van der Waals surface area (Å²) in [6.45, 7) is 0.273. The molecule has 2 aromatic rings. The Kier molecular flexibility index (Phi) is 5.12. The number of nitrogens with zero attached hydrogens (tertiary/aromatic N) is 2. The molecule has 7 nitrogen and oxygen atoms in total. The maximum absolute atomic E-state index is 14.3. The Morgan fingerprint density at radius 2 is 2.09 bits per heavy atom. The van der Waals surface area contributed by atoms with Crippen LogP contribution < -0.4 is 11.1 Å². The summed E-state index contributed by atoms with van der Waals surface area (Å²) < 4.78 is 11.1. The number of rotatable bonds is 6. The summed E-state index contributed by atoms with van der Waals surface area (Å²) in [5, 5.41) is 3.64. The number of aryl methyl sites for hydroxylation is 1. The van der Waals surface area contributed by atoms with E-state index < -0.39 is 11.8 Å². The molecule has 2 atom stereocenters. The van der Waals surface area contributed by atoms with Gasteiger partial charge in [-0.2, -0.15) is 0 Å². The molecule has 2 heterocycles. The maximum Gasteiger partial charge on any atom is 0.250 e. The van der Waals surface area contributed by atoms with E-state index in [9.17, 15) is 4.79 Å². The van der Waals surface area contributed by atoms with Crippen LogP contribution in [-0.4, -0.2) is 35.3 Å². The molecule has 33 heavy (non-hydrogen) atoms. The molecule has 7 heteroatoms. The zero-order chi connectivity index (χ0) is 22.6. The minimum atomic E-state index is -0.803. The summed E-state index contributed by atoms with van der Waals surface area (Å²) in [5.41, 5.74) is 9.34. The van der Waals surface area contributed by atoms with Gasteiger partial charge in [0.25, 0.3) is 5.91 Å². The van der Waals surface area contributed by atoms with Gasteiger partial charge in [0, 0.05) is 12.5 Å². The Hall–Kier alpha value is -2.22. The summed E-state index contributed by atoms with van der Waals surface area (Å²) in [5.74, 6) is 1.45. The predicted molar refractivity (Wildman–Crippen MR) is 123 cm³/mol. The Morgan fingerprint density at radius 3 is 2.79 bits per heavy atom. The van der Waals surface area contributed by atoms with Crippen molar-refractivity contribution in [1.29, 1.82) is 0 Å². The second-order valence-corrected chi connectivity index (χ2v) is 10.6. The molecule has 176 valence electrons. The molecule has 2 spiro atoms. The molecule has 3 N–H and O–H groups in total. The van der Waals surface area contributed by atoms with E-state index in [2.05, 4.69) is 28.5 Å². The number of hydrogen-bond acceptors (Lipinski definition) is 6. The average Bonchev–Trinajstić information content (AvgIpc) is 3.36. The fourth-order valence-corrected chi connectivity index (χ4v) is 6.70. The van der Waals surface area contributed by atoms with E-state index >= 15 is 0 Å². The molecule has 2 saturated carbocycles. The van der Waals surface area contributed by atoms with Crippen LogP contribution in [0.3, 0.4) is 0 Å². The monoisotopic (exact) mass is 450 g/mol. The van der Waals surface area contributed by atoms with Gasteiger partial charge in [-0.15, -0.1) is 0 Å². The van der Waals surface area contributed by atoms with Crippen LogP contribution in [0.15, 0.2) is 35.1 Å². The third-order valence-electron chi connectivity index (χ3n) is 8.73. The molecule has 0 bridgehead atoms. The van der Waals surface area contributed by atoms with Crippen molar-refractivity contribution in [3.05, 3.63) is 53.2 Å². The summed E-state index contributed by atoms with van der Waals surface area (Å²) in [4.78, 5) is 20.3. The standard InChI is InChI=1S/C26H34N4O3/c1-32-20-8-10-25(11-9-20)15-19-7-6-18(5-4-17-2-3-17)14-21(19)26(25)23(31)30(24(27)29-26)16-22-28-12-13-33-22/h6-7,12-14,17,20,24,29H,2-5,8-11,15-16,27H2,1H3. The predicted octanol–water partition coefficient (Wildman–Crippen LogP) is 3.22. The molecule has 6 rings (SSSR count). The highest BCUT2D eigenvalue weighted by Crippen LogP contribution is 2.60. The number of nitrogens with one attached hydrogen (secondary N) is 1. The van der Waals surface area contributed by atoms with E-state index in [4.69, 9.17) is 14.9 Å². The zero-order valence-electron chi connectivity index (χ0n) is 19.4. The molecule has 0 radical (unpaired) electrons. The van der Waals surface area contributed by atoms with Gasteiger partial charge in [0.15, 0.2) is 0 Å². The fraction of sp³-hybridized carbons (Fsp3) is 0.615. The number of carbonyl (C=O) groups excluding carboxylic acids is 1. The lowest BCUT2D eigenvalue weighted by Gasteiger charge is -2.46. The van der Waals surface area contributed by atoms with E-state index in [1.807, 2.05) is 0 Å². The Morgan fingerprint density at radius 1 is 1.27 bits per heavy atom. The molecule has 1 saturated heterocycles. The van der Waals surface area contributed by atoms with E-state index in [1.54, 1.807) is 18.2 Å². The average molecular weight is 451 g/mol. The maximum atomic E-state index is 14.3. The van der Waals surface area contributed by atoms with Crippen LogP contribution in [0.2, 0.25) is 0 Å². The second-order valence-electron chi connectivity index (χ2n) is 10.6. The molecule has 4 aliphatic rings. The number of carbonyl (C=O) groups is 1. The quantitative estimate of drug-likeness (QED) is 0.702. The van der Waals surface area contributed by atoms with Crippen LogP contribution in [0.1, 0.15) is 67.5 Å². The lowest BCUT2D eigenvalue weighted by atomic mass is 9.61. The van der Waals surface area contributed by atoms with Crippen molar-refractivity contribution < 1.29 is 13.9 Å². The van der Waals surface area contributed by atoms with Crippen molar-refractivity contribution in [2.45, 2.75) is 82.3 Å². The Bertz CT molecular complexity index is 1030. The van der Waals surface area contributed by atoms with Gasteiger partial charge in [-0.3, -0.25) is 15.8 Å². The van der Waals surface area contributed by atoms with E-state index in [0.29, 0.717) is 5.89 Å². The van der Waals surface area contributed by atoms with Crippen LogP contribution >= 0.6 is 0 Å². The van der Waals surface area contributed by atoms with Crippen LogP contribution in [0.5, 0.6) is 0 Å². The zero-order valence-corrected chi connectivity index (χ0v) is 19.4. The SMILES string of the molecule is COC1CCC2(CC1)Cc1ccc(CCC3CC3)cc1C21NC(N)N(Cc2ncco2)C1=O. The van der Waals surface area contributed by atoms with Crippen LogP contribution in [0.25, 0.3) is 0 Å². The highest BCUT2D eigenvalue weighted by molar-refractivity contribution is 5.93. The number of nitrogens with two attached hydrogens (primary N) is 1. The highest BCUT2D eigenvalue weighted by atomic mass is 16.5. The number of hydrogen-bond donors (Lipinski definition) is 2. The van der Waals surface area contributed by atoms with Crippen LogP contribution in [0, 0.1) is 11.3 Å². The minimum absolute atomic E-state index is 0.0576. The van der Waals surface area contributed by atoms with Crippen molar-refractivity contribution in [2.75, 3.05) is 7.11 Å². The van der Waals surface area contributed by atoms with Crippen molar-refractivity contribution >= 4 is 5.91 Å². The van der Waals surface area contributed by atoms with Gasteiger partial charge < -0.3 is 14.1 Å². The second kappa shape index (κ2) is 7.93. The van der Waals surface area contributed by atoms with Crippen LogP contribution in [0.4, 0.5) is 0 Å². The van der Waals surface area contributed by atoms with E-state index in [0.717, 1.165) is 50.0 Å². The molecular formula is C26H34N4O3. The number of methoxy groups -OCH3 is 1. The molecule has 1 amide bonds. The number of amides is 1. The van der Waals surface area contributed by atoms with Crippen molar-refractivity contribution in [3.8, 4) is 0 Å². The van der Waals surface area contributed by atoms with Gasteiger partial charge in [0.1, 0.15) is 24.6 Å². The molecular weight excluding hydrogens is 416 g/mol. The van der Waals surface area contributed by atoms with Gasteiger partial charge in [0.2, 0.25) is 5.89 Å². The van der Waals surface area contributed by atoms with E-state index in [1.165, 1.54) is 36.7 Å². The third kappa shape index (κ3) is 3.35. The number of benzene rings is 1. The first-order valence-corrected chi connectivity index (χ1v) is 12.4. The number of oxazole rings is 1. The van der Waals surface area contributed by atoms with Crippen molar-refractivity contribution in [1.82, 2.24) is 15.2 Å². The van der Waals surface area contributed by atoms with Crippen LogP contribution in [-0.2, 0) is 34.5 Å². The lowest BCUT2D eigenvalue weighted by molar-refractivity contribution is -0.140. The largest absolute Gasteiger partial charge is 0.447 e. The highest BCUT2D eigenvalue weighted by Gasteiger charge is 2.67. The lowest BCUT2D eigenvalue weighted by Crippen LogP contribution is -2.57. The van der Waals surface area contributed by atoms with E-state index in [-0.39, 0.29) is 24.0 Å². The molecule has 3 aliphatic carbocycles. The normalized spacial score (nSPS) is 33.4. The minimum Gasteiger partial charge on any atom is -0.447 e. The van der Waals surface area contributed by atoms with Gasteiger partial charge in [-0.25, -0.2) is 4.98 Å². The molecule has 1 aliphatic heterocycles. The topological polar surface area (TPSA) is 93.6 Å². The number of ether oxygens (including phenoxy) is 1. The first-order valence-electron chi connectivity index (χ1n) is 12.4. The fourth-order valence-electron chi connectivity index (χ4n) is 6.70. The number of fused-ring (bicyclic) bond motifs is 3. The third-order valence-corrected chi connectivity index (χ3v) is 8.73. The Balaban J connectivity index is 1.39. The van der Waals surface area contributed by atoms with Crippen molar-refractivity contribution in [2.24, 2.45) is 17.1 Å². The molecule has 1 aromatic heterocycles.